The van der Waals surface area contributed by atoms with Gasteiger partial charge in [0.25, 0.3) is 0 Å². The topological polar surface area (TPSA) is 76.4 Å². The maximum Gasteiger partial charge on any atom is 0.0634 e. The van der Waals surface area contributed by atoms with Gasteiger partial charge < -0.3 is 0 Å². The number of nitrogens with zero attached hydrogens (tertiary/aromatic N) is 1. The highest BCUT2D eigenvalue weighted by Crippen LogP contribution is 2.17. The van der Waals surface area contributed by atoms with E-state index in [2.05, 4.69) is 22.2 Å². The van der Waals surface area contributed by atoms with E-state index < -0.39 is 0 Å². The summed E-state index contributed by atoms with van der Waals surface area (Å²) in [6, 6.07) is 8.05. The van der Waals surface area contributed by atoms with E-state index >= 15 is 0 Å². The van der Waals surface area contributed by atoms with Crippen molar-refractivity contribution in [2.45, 2.75) is 0 Å². The third-order valence-corrected chi connectivity index (χ3v) is 1.58. The lowest BCUT2D eigenvalue weighted by atomic mass is 10.2. The normalized spacial score (nSPS) is 11.8. The number of fused-ring (bicyclic) bond motifs is 1. The smallest absolute Gasteiger partial charge is 0.0634 e. The molecule has 0 amide bonds. The van der Waals surface area contributed by atoms with Crippen molar-refractivity contribution < 1.29 is 0 Å². The van der Waals surface area contributed by atoms with E-state index in [-0.39, 0.29) is 0 Å². The summed E-state index contributed by atoms with van der Waals surface area (Å²) in [6.07, 6.45) is 5.68. The van der Waals surface area contributed by atoms with Crippen LogP contribution in [0.2, 0.25) is 0 Å². The summed E-state index contributed by atoms with van der Waals surface area (Å²) in [6.45, 7) is 0. The van der Waals surface area contributed by atoms with Crippen LogP contribution in [0.15, 0.2) is 35.4 Å². The van der Waals surface area contributed by atoms with Crippen LogP contribution < -0.4 is 17.1 Å². The first-order valence-corrected chi connectivity index (χ1v) is 3.85. The second-order valence-corrected chi connectivity index (χ2v) is 2.34. The van der Waals surface area contributed by atoms with Gasteiger partial charge in [-0.15, -0.1) is 0 Å². The lowest BCUT2D eigenvalue weighted by molar-refractivity contribution is 1.26. The molecule has 4 nitrogen and oxygen atoms in total. The van der Waals surface area contributed by atoms with Gasteiger partial charge in [-0.2, -0.15) is 5.10 Å². The Morgan fingerprint density at radius 1 is 1.15 bits per heavy atom. The predicted octanol–water partition coefficient (Wildman–Crippen LogP) is 0.930. The quantitative estimate of drug-likeness (QED) is 0.406. The number of hydrazine groups is 1. The van der Waals surface area contributed by atoms with Crippen LogP contribution >= 0.6 is 0 Å². The van der Waals surface area contributed by atoms with E-state index in [0.29, 0.717) is 0 Å². The molecule has 0 aliphatic carbocycles. The van der Waals surface area contributed by atoms with Crippen molar-refractivity contribution in [2.75, 3.05) is 5.43 Å². The molecule has 0 aromatic heterocycles. The highest BCUT2D eigenvalue weighted by Gasteiger charge is 1.96. The number of anilines is 1. The Kier molecular flexibility index (Phi) is 3.69. The predicted molar refractivity (Wildman–Crippen MR) is 56.0 cm³/mol. The zero-order valence-electron chi connectivity index (χ0n) is 7.14. The van der Waals surface area contributed by atoms with Crippen LogP contribution in [0, 0.1) is 0 Å². The number of nitrogens with two attached hydrogens (primary N) is 2. The summed E-state index contributed by atoms with van der Waals surface area (Å²) in [5, 5.41) is 3.95. The fourth-order valence-corrected chi connectivity index (χ4v) is 1.04. The second-order valence-electron chi connectivity index (χ2n) is 2.34. The zero-order valence-corrected chi connectivity index (χ0v) is 7.14. The molecule has 4 heteroatoms. The summed E-state index contributed by atoms with van der Waals surface area (Å²) >= 11 is 0. The van der Waals surface area contributed by atoms with E-state index in [1.165, 1.54) is 5.56 Å². The molecule has 0 bridgehead atoms. The zero-order chi connectivity index (χ0) is 9.52. The first-order valence-electron chi connectivity index (χ1n) is 3.85. The molecule has 1 aromatic carbocycles. The molecular formula is C9H12N4. The standard InChI is InChI=1S/C9H8N2.H4N2/c1-2-6-9-8(4-1)5-3-7-10-11-9;1-2/h1-7,11H;1-2H2. The summed E-state index contributed by atoms with van der Waals surface area (Å²) < 4.78 is 0. The molecule has 0 saturated carbocycles. The van der Waals surface area contributed by atoms with Gasteiger partial charge in [-0.05, 0) is 17.7 Å². The Bertz CT molecular complexity index is 317. The van der Waals surface area contributed by atoms with Crippen LogP contribution in [0.25, 0.3) is 6.08 Å². The Labute approximate surface area is 76.9 Å². The summed E-state index contributed by atoms with van der Waals surface area (Å²) in [5.41, 5.74) is 5.16. The number of allylic oxidation sites excluding steroid dienone is 1. The third-order valence-electron chi connectivity index (χ3n) is 1.58. The molecule has 0 atom stereocenters. The van der Waals surface area contributed by atoms with Crippen LogP contribution in [-0.2, 0) is 0 Å². The molecule has 1 heterocycles. The highest BCUT2D eigenvalue weighted by molar-refractivity contribution is 5.83. The van der Waals surface area contributed by atoms with Gasteiger partial charge in [-0.1, -0.05) is 24.3 Å². The molecule has 0 fully saturated rings. The maximum absolute atomic E-state index is 4.00. The molecule has 2 rings (SSSR count). The van der Waals surface area contributed by atoms with Gasteiger partial charge in [0.2, 0.25) is 0 Å². The lowest BCUT2D eigenvalue weighted by Gasteiger charge is -2.00. The second kappa shape index (κ2) is 5.08. The van der Waals surface area contributed by atoms with Gasteiger partial charge in [0.1, 0.15) is 0 Å². The minimum Gasteiger partial charge on any atom is -0.278 e. The molecule has 13 heavy (non-hydrogen) atoms. The van der Waals surface area contributed by atoms with Crippen LogP contribution in [0.3, 0.4) is 0 Å². The van der Waals surface area contributed by atoms with Crippen molar-refractivity contribution in [1.29, 1.82) is 0 Å². The Balaban J connectivity index is 0.000000396. The number of hydrogen-bond acceptors (Lipinski definition) is 4. The molecule has 68 valence electrons. The van der Waals surface area contributed by atoms with Crippen molar-refractivity contribution >= 4 is 18.0 Å². The Morgan fingerprint density at radius 3 is 2.77 bits per heavy atom. The molecule has 1 aliphatic heterocycles. The van der Waals surface area contributed by atoms with Crippen molar-refractivity contribution in [3.05, 3.63) is 35.9 Å². The van der Waals surface area contributed by atoms with E-state index in [1.54, 1.807) is 6.21 Å². The fraction of sp³-hybridized carbons (Fsp3) is 0. The van der Waals surface area contributed by atoms with Gasteiger partial charge in [0.15, 0.2) is 0 Å². The maximum atomic E-state index is 4.00. The number of hydrogen-bond donors (Lipinski definition) is 3. The fourth-order valence-electron chi connectivity index (χ4n) is 1.04. The molecule has 1 aliphatic rings. The minimum absolute atomic E-state index is 1.05. The van der Waals surface area contributed by atoms with Crippen molar-refractivity contribution in [3.8, 4) is 0 Å². The summed E-state index contributed by atoms with van der Waals surface area (Å²) in [5.74, 6) is 8.00. The average Bonchev–Trinajstić information content (AvgIpc) is 2.45. The van der Waals surface area contributed by atoms with Crippen molar-refractivity contribution in [2.24, 2.45) is 16.8 Å². The summed E-state index contributed by atoms with van der Waals surface area (Å²) in [4.78, 5) is 0. The van der Waals surface area contributed by atoms with E-state index in [4.69, 9.17) is 0 Å². The van der Waals surface area contributed by atoms with Crippen LogP contribution in [0.4, 0.5) is 5.69 Å². The van der Waals surface area contributed by atoms with Crippen LogP contribution in [0.1, 0.15) is 5.56 Å². The van der Waals surface area contributed by atoms with E-state index in [0.717, 1.165) is 5.69 Å². The van der Waals surface area contributed by atoms with Crippen LogP contribution in [0.5, 0.6) is 0 Å². The van der Waals surface area contributed by atoms with Gasteiger partial charge in [-0.25, -0.2) is 0 Å². The summed E-state index contributed by atoms with van der Waals surface area (Å²) in [7, 11) is 0. The molecule has 5 N–H and O–H groups in total. The molecule has 0 saturated heterocycles. The molecule has 0 spiro atoms. The molecule has 0 radical (unpaired) electrons. The van der Waals surface area contributed by atoms with Crippen molar-refractivity contribution in [1.82, 2.24) is 0 Å². The number of hydrazone groups is 1. The van der Waals surface area contributed by atoms with Gasteiger partial charge >= 0.3 is 0 Å². The Hall–Kier alpha value is -1.65. The monoisotopic (exact) mass is 176 g/mol. The van der Waals surface area contributed by atoms with Crippen molar-refractivity contribution in [3.63, 3.8) is 0 Å². The molecular weight excluding hydrogens is 164 g/mol. The minimum atomic E-state index is 1.05. The van der Waals surface area contributed by atoms with E-state index in [1.807, 2.05) is 36.4 Å². The Morgan fingerprint density at radius 2 is 1.92 bits per heavy atom. The van der Waals surface area contributed by atoms with E-state index in [9.17, 15) is 0 Å². The van der Waals surface area contributed by atoms with Crippen LogP contribution in [-0.4, -0.2) is 6.21 Å². The molecule has 0 unspecified atom stereocenters. The first kappa shape index (κ1) is 9.44. The van der Waals surface area contributed by atoms with Gasteiger partial charge in [0.05, 0.1) is 5.69 Å². The number of benzene rings is 1. The average molecular weight is 176 g/mol. The lowest BCUT2D eigenvalue weighted by Crippen LogP contribution is -2.02. The number of para-hydroxylation sites is 1. The number of rotatable bonds is 0. The largest absolute Gasteiger partial charge is 0.278 e. The molecule has 1 aromatic rings. The van der Waals surface area contributed by atoms with Gasteiger partial charge in [0, 0.05) is 6.21 Å². The third kappa shape index (κ3) is 2.40. The number of nitrogens with one attached hydrogen (secondary N) is 1. The SMILES string of the molecule is C1=Cc2ccccc2NN=C1.NN. The highest BCUT2D eigenvalue weighted by atomic mass is 15.3. The first-order chi connectivity index (χ1) is 6.47. The van der Waals surface area contributed by atoms with Gasteiger partial charge in [-0.3, -0.25) is 17.1 Å².